The third-order valence-corrected chi connectivity index (χ3v) is 1.69. The average Bonchev–Trinajstić information content (AvgIpc) is 2.29. The van der Waals surface area contributed by atoms with Gasteiger partial charge in [0.05, 0.1) is 6.61 Å². The highest BCUT2D eigenvalue weighted by molar-refractivity contribution is 5.92. The van der Waals surface area contributed by atoms with Gasteiger partial charge >= 0.3 is 0 Å². The predicted molar refractivity (Wildman–Crippen MR) is 53.2 cm³/mol. The van der Waals surface area contributed by atoms with Crippen LogP contribution in [0.5, 0.6) is 0 Å². The molecule has 0 saturated carbocycles. The number of aromatic nitrogens is 1. The van der Waals surface area contributed by atoms with Crippen molar-refractivity contribution < 1.29 is 9.53 Å². The summed E-state index contributed by atoms with van der Waals surface area (Å²) in [6.45, 7) is 0.872. The van der Waals surface area contributed by atoms with Crippen LogP contribution in [-0.2, 0) is 4.74 Å². The number of ether oxygens (including phenoxy) is 1. The van der Waals surface area contributed by atoms with Crippen LogP contribution in [0.4, 0.5) is 0 Å². The van der Waals surface area contributed by atoms with Gasteiger partial charge in [0.25, 0.3) is 5.91 Å². The Balaban J connectivity index is 2.62. The van der Waals surface area contributed by atoms with Crippen LogP contribution in [-0.4, -0.2) is 31.2 Å². The Hall–Kier alpha value is -1.93. The maximum atomic E-state index is 11.4. The van der Waals surface area contributed by atoms with Crippen LogP contribution < -0.4 is 5.32 Å². The largest absolute Gasteiger partial charge is 0.383 e. The topological polar surface area (TPSA) is 75.0 Å². The van der Waals surface area contributed by atoms with Crippen molar-refractivity contribution in [2.45, 2.75) is 0 Å². The van der Waals surface area contributed by atoms with Gasteiger partial charge in [0.15, 0.2) is 0 Å². The molecule has 1 rings (SSSR count). The molecule has 5 nitrogen and oxygen atoms in total. The summed E-state index contributed by atoms with van der Waals surface area (Å²) in [5.74, 6) is -0.302. The second kappa shape index (κ2) is 5.73. The standard InChI is InChI=1S/C10H11N3O2/c1-15-6-5-12-10(14)9-4-2-3-8(7-11)13-9/h2-4H,5-6H2,1H3,(H,12,14). The zero-order chi connectivity index (χ0) is 11.1. The summed E-state index contributed by atoms with van der Waals surface area (Å²) in [5, 5.41) is 11.2. The minimum atomic E-state index is -0.302. The minimum Gasteiger partial charge on any atom is -0.383 e. The number of methoxy groups -OCH3 is 1. The van der Waals surface area contributed by atoms with Gasteiger partial charge in [0.1, 0.15) is 17.5 Å². The normalized spacial score (nSPS) is 9.33. The Morgan fingerprint density at radius 1 is 1.67 bits per heavy atom. The van der Waals surface area contributed by atoms with Crippen LogP contribution >= 0.6 is 0 Å². The molecule has 0 aromatic carbocycles. The number of hydrogen-bond acceptors (Lipinski definition) is 4. The van der Waals surface area contributed by atoms with Crippen LogP contribution in [0.25, 0.3) is 0 Å². The molecule has 1 amide bonds. The first kappa shape index (κ1) is 11.1. The van der Waals surface area contributed by atoms with Crippen molar-refractivity contribution in [3.63, 3.8) is 0 Å². The van der Waals surface area contributed by atoms with Crippen molar-refractivity contribution in [1.82, 2.24) is 10.3 Å². The number of nitriles is 1. The van der Waals surface area contributed by atoms with Gasteiger partial charge in [-0.05, 0) is 12.1 Å². The monoisotopic (exact) mass is 205 g/mol. The molecule has 0 aliphatic heterocycles. The number of rotatable bonds is 4. The molecule has 1 heterocycles. The van der Waals surface area contributed by atoms with E-state index in [1.165, 1.54) is 0 Å². The number of amides is 1. The summed E-state index contributed by atoms with van der Waals surface area (Å²) < 4.78 is 4.79. The van der Waals surface area contributed by atoms with E-state index >= 15 is 0 Å². The highest BCUT2D eigenvalue weighted by Crippen LogP contribution is 1.97. The molecule has 1 aromatic heterocycles. The molecule has 78 valence electrons. The Kier molecular flexibility index (Phi) is 4.26. The van der Waals surface area contributed by atoms with Crippen LogP contribution in [0.2, 0.25) is 0 Å². The van der Waals surface area contributed by atoms with Crippen molar-refractivity contribution in [2.24, 2.45) is 0 Å². The number of pyridine rings is 1. The van der Waals surface area contributed by atoms with E-state index in [0.717, 1.165) is 0 Å². The van der Waals surface area contributed by atoms with E-state index in [2.05, 4.69) is 10.3 Å². The molecular weight excluding hydrogens is 194 g/mol. The van der Waals surface area contributed by atoms with E-state index in [4.69, 9.17) is 10.00 Å². The van der Waals surface area contributed by atoms with E-state index in [0.29, 0.717) is 13.2 Å². The van der Waals surface area contributed by atoms with Crippen LogP contribution in [0.15, 0.2) is 18.2 Å². The maximum Gasteiger partial charge on any atom is 0.270 e. The molecule has 0 bridgehead atoms. The fourth-order valence-corrected chi connectivity index (χ4v) is 0.981. The van der Waals surface area contributed by atoms with Crippen LogP contribution in [0, 0.1) is 11.3 Å². The molecule has 1 N–H and O–H groups in total. The Labute approximate surface area is 87.7 Å². The number of nitrogens with one attached hydrogen (secondary N) is 1. The number of carbonyl (C=O) groups is 1. The molecular formula is C10H11N3O2. The zero-order valence-electron chi connectivity index (χ0n) is 8.36. The molecule has 0 atom stereocenters. The van der Waals surface area contributed by atoms with E-state index in [9.17, 15) is 4.79 Å². The van der Waals surface area contributed by atoms with Gasteiger partial charge in [0, 0.05) is 13.7 Å². The van der Waals surface area contributed by atoms with E-state index in [-0.39, 0.29) is 17.3 Å². The third kappa shape index (κ3) is 3.37. The average molecular weight is 205 g/mol. The third-order valence-electron chi connectivity index (χ3n) is 1.69. The summed E-state index contributed by atoms with van der Waals surface area (Å²) >= 11 is 0. The first-order valence-electron chi connectivity index (χ1n) is 4.42. The SMILES string of the molecule is COCCNC(=O)c1cccc(C#N)n1. The molecule has 0 radical (unpaired) electrons. The molecule has 0 aliphatic rings. The Morgan fingerprint density at radius 3 is 3.13 bits per heavy atom. The van der Waals surface area contributed by atoms with Gasteiger partial charge in [-0.3, -0.25) is 4.79 Å². The van der Waals surface area contributed by atoms with Gasteiger partial charge < -0.3 is 10.1 Å². The quantitative estimate of drug-likeness (QED) is 0.719. The van der Waals surface area contributed by atoms with E-state index in [1.807, 2.05) is 6.07 Å². The van der Waals surface area contributed by atoms with Gasteiger partial charge in [0.2, 0.25) is 0 Å². The number of nitrogens with zero attached hydrogens (tertiary/aromatic N) is 2. The molecule has 0 aliphatic carbocycles. The van der Waals surface area contributed by atoms with Crippen molar-refractivity contribution in [2.75, 3.05) is 20.3 Å². The minimum absolute atomic E-state index is 0.231. The first-order valence-corrected chi connectivity index (χ1v) is 4.42. The Morgan fingerprint density at radius 2 is 2.47 bits per heavy atom. The van der Waals surface area contributed by atoms with Crippen LogP contribution in [0.3, 0.4) is 0 Å². The summed E-state index contributed by atoms with van der Waals surface area (Å²) in [6, 6.07) is 6.60. The van der Waals surface area contributed by atoms with Gasteiger partial charge in [-0.15, -0.1) is 0 Å². The molecule has 15 heavy (non-hydrogen) atoms. The van der Waals surface area contributed by atoms with Crippen molar-refractivity contribution in [3.8, 4) is 6.07 Å². The van der Waals surface area contributed by atoms with Crippen molar-refractivity contribution in [1.29, 1.82) is 5.26 Å². The maximum absolute atomic E-state index is 11.4. The molecule has 5 heteroatoms. The molecule has 0 fully saturated rings. The van der Waals surface area contributed by atoms with E-state index < -0.39 is 0 Å². The molecule has 1 aromatic rings. The Bertz CT molecular complexity index is 384. The fourth-order valence-electron chi connectivity index (χ4n) is 0.981. The number of hydrogen-bond donors (Lipinski definition) is 1. The molecule has 0 saturated heterocycles. The highest BCUT2D eigenvalue weighted by Gasteiger charge is 2.06. The molecule has 0 spiro atoms. The van der Waals surface area contributed by atoms with E-state index in [1.54, 1.807) is 25.3 Å². The summed E-state index contributed by atoms with van der Waals surface area (Å²) in [5.41, 5.74) is 0.472. The van der Waals surface area contributed by atoms with Crippen LogP contribution in [0.1, 0.15) is 16.2 Å². The fraction of sp³-hybridized carbons (Fsp3) is 0.300. The highest BCUT2D eigenvalue weighted by atomic mass is 16.5. The lowest BCUT2D eigenvalue weighted by Crippen LogP contribution is -2.27. The second-order valence-corrected chi connectivity index (χ2v) is 2.77. The smallest absolute Gasteiger partial charge is 0.270 e. The van der Waals surface area contributed by atoms with Crippen molar-refractivity contribution >= 4 is 5.91 Å². The molecule has 0 unspecified atom stereocenters. The second-order valence-electron chi connectivity index (χ2n) is 2.77. The number of carbonyl (C=O) groups excluding carboxylic acids is 1. The summed E-state index contributed by atoms with van der Waals surface area (Å²) in [6.07, 6.45) is 0. The van der Waals surface area contributed by atoms with Gasteiger partial charge in [-0.1, -0.05) is 6.07 Å². The van der Waals surface area contributed by atoms with Crippen molar-refractivity contribution in [3.05, 3.63) is 29.6 Å². The summed E-state index contributed by atoms with van der Waals surface area (Å²) in [4.78, 5) is 15.3. The lowest BCUT2D eigenvalue weighted by molar-refractivity contribution is 0.0932. The first-order chi connectivity index (χ1) is 7.27. The van der Waals surface area contributed by atoms with Gasteiger partial charge in [-0.25, -0.2) is 4.98 Å². The zero-order valence-corrected chi connectivity index (χ0v) is 8.36. The summed E-state index contributed by atoms with van der Waals surface area (Å²) in [7, 11) is 1.56. The van der Waals surface area contributed by atoms with Gasteiger partial charge in [-0.2, -0.15) is 5.26 Å². The lowest BCUT2D eigenvalue weighted by atomic mass is 10.3. The predicted octanol–water partition coefficient (Wildman–Crippen LogP) is 0.329. The lowest BCUT2D eigenvalue weighted by Gasteiger charge is -2.03.